The first-order valence-electron chi connectivity index (χ1n) is 6.96. The van der Waals surface area contributed by atoms with E-state index in [0.29, 0.717) is 16.6 Å². The molecule has 20 heavy (non-hydrogen) atoms. The summed E-state index contributed by atoms with van der Waals surface area (Å²) >= 11 is 6.05. The highest BCUT2D eigenvalue weighted by Gasteiger charge is 2.27. The third kappa shape index (κ3) is 3.25. The standard InChI is InChI=1S/C15H21ClN2O2/c1-17-10-3-5-11(6-4-10)18(2)15(20)13-9-12(19)7-8-14(13)16/h7-11,17,19H,3-6H2,1-2H3. The van der Waals surface area contributed by atoms with Crippen molar-refractivity contribution in [3.8, 4) is 5.75 Å². The highest BCUT2D eigenvalue weighted by Crippen LogP contribution is 2.27. The number of benzene rings is 1. The number of aromatic hydroxyl groups is 1. The zero-order valence-corrected chi connectivity index (χ0v) is 12.7. The lowest BCUT2D eigenvalue weighted by Gasteiger charge is -2.34. The average Bonchev–Trinajstić information content (AvgIpc) is 2.48. The molecule has 0 bridgehead atoms. The monoisotopic (exact) mass is 296 g/mol. The minimum Gasteiger partial charge on any atom is -0.508 e. The second-order valence-electron chi connectivity index (χ2n) is 5.37. The summed E-state index contributed by atoms with van der Waals surface area (Å²) in [5, 5.41) is 13.2. The molecular weight excluding hydrogens is 276 g/mol. The molecule has 1 amide bonds. The van der Waals surface area contributed by atoms with Crippen LogP contribution >= 0.6 is 11.6 Å². The van der Waals surface area contributed by atoms with Crippen LogP contribution in [0.15, 0.2) is 18.2 Å². The molecule has 0 saturated heterocycles. The second-order valence-corrected chi connectivity index (χ2v) is 5.78. The second kappa shape index (κ2) is 6.46. The van der Waals surface area contributed by atoms with Crippen molar-refractivity contribution in [3.63, 3.8) is 0 Å². The summed E-state index contributed by atoms with van der Waals surface area (Å²) in [4.78, 5) is 14.2. The van der Waals surface area contributed by atoms with Crippen LogP contribution in [0.2, 0.25) is 5.02 Å². The summed E-state index contributed by atoms with van der Waals surface area (Å²) in [6.45, 7) is 0. The number of amides is 1. The van der Waals surface area contributed by atoms with E-state index in [2.05, 4.69) is 5.32 Å². The zero-order valence-electron chi connectivity index (χ0n) is 11.9. The lowest BCUT2D eigenvalue weighted by atomic mass is 9.90. The van der Waals surface area contributed by atoms with Crippen molar-refractivity contribution in [1.82, 2.24) is 10.2 Å². The Morgan fingerprint density at radius 2 is 2.00 bits per heavy atom. The summed E-state index contributed by atoms with van der Waals surface area (Å²) in [5.74, 6) is -0.0659. The molecule has 1 saturated carbocycles. The molecule has 1 aromatic carbocycles. The number of phenols is 1. The SMILES string of the molecule is CNC1CCC(N(C)C(=O)c2cc(O)ccc2Cl)CC1. The fourth-order valence-electron chi connectivity index (χ4n) is 2.78. The quantitative estimate of drug-likeness (QED) is 0.901. The van der Waals surface area contributed by atoms with Crippen molar-refractivity contribution in [3.05, 3.63) is 28.8 Å². The van der Waals surface area contributed by atoms with Crippen molar-refractivity contribution >= 4 is 17.5 Å². The van der Waals surface area contributed by atoms with Gasteiger partial charge in [-0.2, -0.15) is 0 Å². The smallest absolute Gasteiger partial charge is 0.255 e. The normalized spacial score (nSPS) is 22.6. The van der Waals surface area contributed by atoms with Gasteiger partial charge in [0.15, 0.2) is 0 Å². The van der Waals surface area contributed by atoms with Crippen LogP contribution in [0, 0.1) is 0 Å². The van der Waals surface area contributed by atoms with Crippen LogP contribution in [0.25, 0.3) is 0 Å². The van der Waals surface area contributed by atoms with Gasteiger partial charge in [-0.15, -0.1) is 0 Å². The number of halogens is 1. The highest BCUT2D eigenvalue weighted by atomic mass is 35.5. The number of hydrogen-bond acceptors (Lipinski definition) is 3. The van der Waals surface area contributed by atoms with Gasteiger partial charge in [-0.05, 0) is 50.9 Å². The molecule has 0 radical (unpaired) electrons. The van der Waals surface area contributed by atoms with Gasteiger partial charge in [0.2, 0.25) is 0 Å². The molecule has 1 aromatic rings. The number of nitrogens with zero attached hydrogens (tertiary/aromatic N) is 1. The minimum absolute atomic E-state index is 0.0602. The minimum atomic E-state index is -0.126. The molecule has 1 fully saturated rings. The number of phenolic OH excluding ortho intramolecular Hbond substituents is 1. The van der Waals surface area contributed by atoms with Crippen molar-refractivity contribution in [1.29, 1.82) is 0 Å². The molecule has 0 aliphatic heterocycles. The molecule has 110 valence electrons. The fourth-order valence-corrected chi connectivity index (χ4v) is 2.98. The Bertz CT molecular complexity index is 485. The maximum atomic E-state index is 12.5. The van der Waals surface area contributed by atoms with Gasteiger partial charge in [0.25, 0.3) is 5.91 Å². The average molecular weight is 297 g/mol. The van der Waals surface area contributed by atoms with Crippen molar-refractivity contribution < 1.29 is 9.90 Å². The predicted octanol–water partition coefficient (Wildman–Crippen LogP) is 2.65. The lowest BCUT2D eigenvalue weighted by molar-refractivity contribution is 0.0685. The molecule has 0 spiro atoms. The number of carbonyl (C=O) groups excluding carboxylic acids is 1. The summed E-state index contributed by atoms with van der Waals surface area (Å²) in [7, 11) is 3.79. The largest absolute Gasteiger partial charge is 0.508 e. The van der Waals surface area contributed by atoms with Gasteiger partial charge in [0, 0.05) is 19.1 Å². The molecular formula is C15H21ClN2O2. The first-order chi connectivity index (χ1) is 9.52. The Labute approximate surface area is 124 Å². The molecule has 4 nitrogen and oxygen atoms in total. The number of carbonyl (C=O) groups is 1. The topological polar surface area (TPSA) is 52.6 Å². The van der Waals surface area contributed by atoms with E-state index < -0.39 is 0 Å². The Morgan fingerprint density at radius 1 is 1.35 bits per heavy atom. The summed E-state index contributed by atoms with van der Waals surface area (Å²) in [5.41, 5.74) is 0.366. The van der Waals surface area contributed by atoms with Gasteiger partial charge in [0.05, 0.1) is 10.6 Å². The highest BCUT2D eigenvalue weighted by molar-refractivity contribution is 6.33. The molecule has 1 aliphatic rings. The first-order valence-corrected chi connectivity index (χ1v) is 7.33. The lowest BCUT2D eigenvalue weighted by Crippen LogP contribution is -2.42. The van der Waals surface area contributed by atoms with Gasteiger partial charge in [-0.1, -0.05) is 11.6 Å². The van der Waals surface area contributed by atoms with Crippen molar-refractivity contribution in [2.45, 2.75) is 37.8 Å². The predicted molar refractivity (Wildman–Crippen MR) is 80.3 cm³/mol. The van der Waals surface area contributed by atoms with Gasteiger partial charge >= 0.3 is 0 Å². The van der Waals surface area contributed by atoms with Crippen LogP contribution in [0.1, 0.15) is 36.0 Å². The Hall–Kier alpha value is -1.26. The van der Waals surface area contributed by atoms with Crippen LogP contribution in [-0.4, -0.2) is 42.1 Å². The van der Waals surface area contributed by atoms with Crippen LogP contribution < -0.4 is 5.32 Å². The van der Waals surface area contributed by atoms with E-state index in [1.165, 1.54) is 12.1 Å². The van der Waals surface area contributed by atoms with E-state index in [0.717, 1.165) is 25.7 Å². The summed E-state index contributed by atoms with van der Waals surface area (Å²) < 4.78 is 0. The van der Waals surface area contributed by atoms with Gasteiger partial charge < -0.3 is 15.3 Å². The molecule has 0 aromatic heterocycles. The number of rotatable bonds is 3. The van der Waals surface area contributed by atoms with E-state index in [9.17, 15) is 9.90 Å². The van der Waals surface area contributed by atoms with E-state index in [1.807, 2.05) is 14.1 Å². The Balaban J connectivity index is 2.07. The molecule has 0 heterocycles. The number of nitrogens with one attached hydrogen (secondary N) is 1. The maximum Gasteiger partial charge on any atom is 0.255 e. The van der Waals surface area contributed by atoms with Crippen LogP contribution in [0.4, 0.5) is 0 Å². The summed E-state index contributed by atoms with van der Waals surface area (Å²) in [6, 6.07) is 5.26. The van der Waals surface area contributed by atoms with E-state index >= 15 is 0 Å². The van der Waals surface area contributed by atoms with Crippen molar-refractivity contribution in [2.24, 2.45) is 0 Å². The van der Waals surface area contributed by atoms with Crippen LogP contribution in [0.3, 0.4) is 0 Å². The fraction of sp³-hybridized carbons (Fsp3) is 0.533. The zero-order chi connectivity index (χ0) is 14.7. The van der Waals surface area contributed by atoms with Gasteiger partial charge in [0.1, 0.15) is 5.75 Å². The molecule has 2 N–H and O–H groups in total. The Morgan fingerprint density at radius 3 is 2.60 bits per heavy atom. The molecule has 1 aliphatic carbocycles. The van der Waals surface area contributed by atoms with Crippen LogP contribution in [0.5, 0.6) is 5.75 Å². The van der Waals surface area contributed by atoms with Crippen molar-refractivity contribution in [2.75, 3.05) is 14.1 Å². The molecule has 0 unspecified atom stereocenters. The Kier molecular flexibility index (Phi) is 4.89. The van der Waals surface area contributed by atoms with Gasteiger partial charge in [-0.3, -0.25) is 4.79 Å². The van der Waals surface area contributed by atoms with Crippen LogP contribution in [-0.2, 0) is 0 Å². The first kappa shape index (κ1) is 15.1. The maximum absolute atomic E-state index is 12.5. The number of hydrogen-bond donors (Lipinski definition) is 2. The van der Waals surface area contributed by atoms with E-state index in [4.69, 9.17) is 11.6 Å². The third-order valence-corrected chi connectivity index (χ3v) is 4.48. The van der Waals surface area contributed by atoms with E-state index in [-0.39, 0.29) is 17.7 Å². The summed E-state index contributed by atoms with van der Waals surface area (Å²) in [6.07, 6.45) is 4.13. The molecule has 2 rings (SSSR count). The van der Waals surface area contributed by atoms with E-state index in [1.54, 1.807) is 11.0 Å². The molecule has 5 heteroatoms. The van der Waals surface area contributed by atoms with Gasteiger partial charge in [-0.25, -0.2) is 0 Å². The third-order valence-electron chi connectivity index (χ3n) is 4.15. The molecule has 0 atom stereocenters.